The molecule has 0 saturated carbocycles. The Balaban J connectivity index is 1.84. The summed E-state index contributed by atoms with van der Waals surface area (Å²) in [6, 6.07) is 8.92. The molecule has 1 aromatic carbocycles. The second-order valence-corrected chi connectivity index (χ2v) is 6.32. The fourth-order valence-electron chi connectivity index (χ4n) is 3.77. The Hall–Kier alpha value is -1.32. The Morgan fingerprint density at radius 2 is 2.16 bits per heavy atom. The van der Waals surface area contributed by atoms with Crippen LogP contribution < -0.4 is 0 Å². The van der Waals surface area contributed by atoms with Gasteiger partial charge in [0.1, 0.15) is 0 Å². The van der Waals surface area contributed by atoms with Crippen LogP contribution in [0.15, 0.2) is 24.3 Å². The van der Waals surface area contributed by atoms with E-state index in [1.165, 1.54) is 22.2 Å². The molecule has 0 unspecified atom stereocenters. The summed E-state index contributed by atoms with van der Waals surface area (Å²) in [4.78, 5) is 6.12. The van der Waals surface area contributed by atoms with E-state index in [1.807, 2.05) is 6.92 Å². The maximum Gasteiger partial charge on any atom is 0.0650 e. The van der Waals surface area contributed by atoms with Crippen LogP contribution in [0.3, 0.4) is 0 Å². The molecular formula is C16H20N2O. The molecule has 0 bridgehead atoms. The molecule has 3 nitrogen and oxygen atoms in total. The van der Waals surface area contributed by atoms with Gasteiger partial charge in [0.05, 0.1) is 11.6 Å². The van der Waals surface area contributed by atoms with E-state index < -0.39 is 5.60 Å². The number of piperidine rings is 1. The molecule has 0 spiro atoms. The molecule has 3 heteroatoms. The molecule has 2 atom stereocenters. The predicted molar refractivity (Wildman–Crippen MR) is 76.2 cm³/mol. The van der Waals surface area contributed by atoms with Gasteiger partial charge in [0.15, 0.2) is 0 Å². The lowest BCUT2D eigenvalue weighted by Crippen LogP contribution is -2.47. The smallest absolute Gasteiger partial charge is 0.0650 e. The number of rotatable bonds is 0. The Morgan fingerprint density at radius 3 is 3.05 bits per heavy atom. The van der Waals surface area contributed by atoms with Crippen molar-refractivity contribution in [2.45, 2.75) is 37.8 Å². The van der Waals surface area contributed by atoms with Gasteiger partial charge in [-0.3, -0.25) is 4.90 Å². The SMILES string of the molecule is C[C@]1(O)CCN2CCc3c([nH]c4ccccc34)[C@@H]2C1. The summed E-state index contributed by atoms with van der Waals surface area (Å²) in [5, 5.41) is 11.7. The van der Waals surface area contributed by atoms with Crippen LogP contribution in [0.5, 0.6) is 0 Å². The summed E-state index contributed by atoms with van der Waals surface area (Å²) >= 11 is 0. The number of nitrogens with one attached hydrogen (secondary N) is 1. The van der Waals surface area contributed by atoms with Gasteiger partial charge < -0.3 is 10.1 Å². The minimum absolute atomic E-state index is 0.361. The van der Waals surface area contributed by atoms with Gasteiger partial charge in [-0.2, -0.15) is 0 Å². The molecule has 2 aliphatic rings. The lowest BCUT2D eigenvalue weighted by Gasteiger charge is -2.44. The Morgan fingerprint density at radius 1 is 1.32 bits per heavy atom. The molecule has 1 fully saturated rings. The molecule has 19 heavy (non-hydrogen) atoms. The first-order valence-electron chi connectivity index (χ1n) is 7.20. The molecule has 100 valence electrons. The first kappa shape index (κ1) is 11.5. The van der Waals surface area contributed by atoms with Gasteiger partial charge in [-0.05, 0) is 37.8 Å². The quantitative estimate of drug-likeness (QED) is 0.760. The third-order valence-corrected chi connectivity index (χ3v) is 4.84. The van der Waals surface area contributed by atoms with Crippen molar-refractivity contribution in [3.63, 3.8) is 0 Å². The van der Waals surface area contributed by atoms with Crippen molar-refractivity contribution in [3.8, 4) is 0 Å². The highest BCUT2D eigenvalue weighted by atomic mass is 16.3. The molecule has 2 aliphatic heterocycles. The highest BCUT2D eigenvalue weighted by Crippen LogP contribution is 2.42. The molecule has 4 rings (SSSR count). The zero-order valence-electron chi connectivity index (χ0n) is 11.3. The summed E-state index contributed by atoms with van der Waals surface area (Å²) in [7, 11) is 0. The molecule has 3 heterocycles. The van der Waals surface area contributed by atoms with Gasteiger partial charge >= 0.3 is 0 Å². The number of aromatic amines is 1. The fourth-order valence-corrected chi connectivity index (χ4v) is 3.77. The van der Waals surface area contributed by atoms with Crippen LogP contribution in [-0.2, 0) is 6.42 Å². The molecule has 0 radical (unpaired) electrons. The van der Waals surface area contributed by atoms with Crippen molar-refractivity contribution in [1.82, 2.24) is 9.88 Å². The van der Waals surface area contributed by atoms with E-state index in [9.17, 15) is 5.11 Å². The topological polar surface area (TPSA) is 39.3 Å². The van der Waals surface area contributed by atoms with E-state index in [0.717, 1.165) is 32.4 Å². The minimum atomic E-state index is -0.521. The zero-order valence-corrected chi connectivity index (χ0v) is 11.3. The third kappa shape index (κ3) is 1.72. The minimum Gasteiger partial charge on any atom is -0.390 e. The highest BCUT2D eigenvalue weighted by Gasteiger charge is 2.39. The van der Waals surface area contributed by atoms with Gasteiger partial charge in [-0.15, -0.1) is 0 Å². The van der Waals surface area contributed by atoms with E-state index in [1.54, 1.807) is 0 Å². The van der Waals surface area contributed by atoms with Crippen LogP contribution in [0.2, 0.25) is 0 Å². The maximum absolute atomic E-state index is 10.4. The van der Waals surface area contributed by atoms with E-state index in [2.05, 4.69) is 34.1 Å². The van der Waals surface area contributed by atoms with Gasteiger partial charge in [0, 0.05) is 29.7 Å². The Kier molecular flexibility index (Phi) is 2.32. The normalized spacial score (nSPS) is 31.2. The lowest BCUT2D eigenvalue weighted by molar-refractivity contribution is -0.0380. The van der Waals surface area contributed by atoms with Crippen molar-refractivity contribution in [2.75, 3.05) is 13.1 Å². The predicted octanol–water partition coefficient (Wildman–Crippen LogP) is 2.61. The van der Waals surface area contributed by atoms with Crippen LogP contribution in [-0.4, -0.2) is 33.7 Å². The molecule has 0 aliphatic carbocycles. The lowest BCUT2D eigenvalue weighted by atomic mass is 9.83. The number of para-hydroxylation sites is 1. The molecule has 1 saturated heterocycles. The van der Waals surface area contributed by atoms with E-state index in [4.69, 9.17) is 0 Å². The molecule has 1 aromatic heterocycles. The zero-order chi connectivity index (χ0) is 13.0. The monoisotopic (exact) mass is 256 g/mol. The van der Waals surface area contributed by atoms with Crippen molar-refractivity contribution >= 4 is 10.9 Å². The van der Waals surface area contributed by atoms with Gasteiger partial charge in [-0.25, -0.2) is 0 Å². The summed E-state index contributed by atoms with van der Waals surface area (Å²) in [5.74, 6) is 0. The van der Waals surface area contributed by atoms with Gasteiger partial charge in [-0.1, -0.05) is 18.2 Å². The van der Waals surface area contributed by atoms with Crippen LogP contribution in [0, 0.1) is 0 Å². The summed E-state index contributed by atoms with van der Waals surface area (Å²) in [6.45, 7) is 4.10. The summed E-state index contributed by atoms with van der Waals surface area (Å²) in [5.41, 5.74) is 3.52. The molecule has 2 aromatic rings. The average Bonchev–Trinajstić information content (AvgIpc) is 2.77. The van der Waals surface area contributed by atoms with E-state index in [0.29, 0.717) is 6.04 Å². The van der Waals surface area contributed by atoms with Crippen molar-refractivity contribution in [3.05, 3.63) is 35.5 Å². The molecule has 2 N–H and O–H groups in total. The van der Waals surface area contributed by atoms with Crippen LogP contribution in [0.25, 0.3) is 10.9 Å². The maximum atomic E-state index is 10.4. The number of hydrogen-bond donors (Lipinski definition) is 2. The third-order valence-electron chi connectivity index (χ3n) is 4.84. The van der Waals surface area contributed by atoms with Crippen molar-refractivity contribution in [1.29, 1.82) is 0 Å². The second-order valence-electron chi connectivity index (χ2n) is 6.32. The summed E-state index contributed by atoms with van der Waals surface area (Å²) < 4.78 is 0. The first-order chi connectivity index (χ1) is 9.14. The van der Waals surface area contributed by atoms with Gasteiger partial charge in [0.2, 0.25) is 0 Å². The van der Waals surface area contributed by atoms with Crippen molar-refractivity contribution < 1.29 is 5.11 Å². The number of hydrogen-bond acceptors (Lipinski definition) is 2. The largest absolute Gasteiger partial charge is 0.390 e. The van der Waals surface area contributed by atoms with Crippen LogP contribution in [0.1, 0.15) is 37.1 Å². The number of benzene rings is 1. The van der Waals surface area contributed by atoms with E-state index in [-0.39, 0.29) is 0 Å². The Bertz CT molecular complexity index is 629. The average molecular weight is 256 g/mol. The van der Waals surface area contributed by atoms with E-state index >= 15 is 0 Å². The van der Waals surface area contributed by atoms with Gasteiger partial charge in [0.25, 0.3) is 0 Å². The Labute approximate surface area is 113 Å². The number of aromatic nitrogens is 1. The first-order valence-corrected chi connectivity index (χ1v) is 7.20. The number of fused-ring (bicyclic) bond motifs is 5. The number of nitrogens with zero attached hydrogens (tertiary/aromatic N) is 1. The van der Waals surface area contributed by atoms with Crippen LogP contribution >= 0.6 is 0 Å². The summed E-state index contributed by atoms with van der Waals surface area (Å²) in [6.07, 6.45) is 2.85. The molecule has 0 amide bonds. The van der Waals surface area contributed by atoms with Crippen LogP contribution in [0.4, 0.5) is 0 Å². The van der Waals surface area contributed by atoms with Crippen molar-refractivity contribution in [2.24, 2.45) is 0 Å². The second kappa shape index (κ2) is 3.84. The molecular weight excluding hydrogens is 236 g/mol. The number of aliphatic hydroxyl groups is 1. The number of H-pyrrole nitrogens is 1. The highest BCUT2D eigenvalue weighted by molar-refractivity contribution is 5.85. The standard InChI is InChI=1S/C16H20N2O/c1-16(19)7-9-18-8-6-12-11-4-2-3-5-13(11)17-15(12)14(18)10-16/h2-5,14,17,19H,6-10H2,1H3/t14-,16-/m0/s1. The fraction of sp³-hybridized carbons (Fsp3) is 0.500.